The van der Waals surface area contributed by atoms with Crippen molar-refractivity contribution in [3.05, 3.63) is 23.8 Å². The fourth-order valence-corrected chi connectivity index (χ4v) is 2.30. The number of nitrogens with one attached hydrogen (secondary N) is 1. The molecule has 6 heteroatoms. The highest BCUT2D eigenvalue weighted by molar-refractivity contribution is 7.88. The Bertz CT molecular complexity index is 515. The van der Waals surface area contributed by atoms with E-state index in [2.05, 4.69) is 9.62 Å². The molecule has 0 radical (unpaired) electrons. The van der Waals surface area contributed by atoms with Crippen LogP contribution in [0.4, 0.5) is 5.69 Å². The molecular weight excluding hydrogens is 264 g/mol. The number of anilines is 1. The lowest BCUT2D eigenvalue weighted by Gasteiger charge is -2.24. The average molecular weight is 286 g/mol. The van der Waals surface area contributed by atoms with Crippen LogP contribution in [0.3, 0.4) is 0 Å². The predicted molar refractivity (Wildman–Crippen MR) is 78.5 cm³/mol. The SMILES string of the molecule is CCN(CCNS(C)(=O)=O)c1ccc(C)c(OC)c1. The second kappa shape index (κ2) is 6.77. The average Bonchev–Trinajstić information content (AvgIpc) is 2.34. The molecule has 1 aromatic rings. The molecule has 108 valence electrons. The highest BCUT2D eigenvalue weighted by Gasteiger charge is 2.08. The highest BCUT2D eigenvalue weighted by Crippen LogP contribution is 2.24. The van der Waals surface area contributed by atoms with Gasteiger partial charge in [0.2, 0.25) is 10.0 Å². The van der Waals surface area contributed by atoms with Crippen LogP contribution in [-0.2, 0) is 10.0 Å². The number of nitrogens with zero attached hydrogens (tertiary/aromatic N) is 1. The Morgan fingerprint density at radius 3 is 2.58 bits per heavy atom. The first-order valence-corrected chi connectivity index (χ1v) is 8.10. The minimum atomic E-state index is -3.13. The number of benzene rings is 1. The van der Waals surface area contributed by atoms with Gasteiger partial charge in [0.25, 0.3) is 0 Å². The van der Waals surface area contributed by atoms with Crippen LogP contribution < -0.4 is 14.4 Å². The molecule has 0 unspecified atom stereocenters. The maximum Gasteiger partial charge on any atom is 0.208 e. The van der Waals surface area contributed by atoms with E-state index in [4.69, 9.17) is 4.74 Å². The monoisotopic (exact) mass is 286 g/mol. The molecule has 1 N–H and O–H groups in total. The van der Waals surface area contributed by atoms with E-state index in [0.717, 1.165) is 29.8 Å². The Labute approximate surface area is 115 Å². The van der Waals surface area contributed by atoms with Gasteiger partial charge in [0.1, 0.15) is 5.75 Å². The third-order valence-electron chi connectivity index (χ3n) is 2.88. The van der Waals surface area contributed by atoms with E-state index in [9.17, 15) is 8.42 Å². The van der Waals surface area contributed by atoms with Crippen LogP contribution in [0.2, 0.25) is 0 Å². The van der Waals surface area contributed by atoms with Gasteiger partial charge in [-0.15, -0.1) is 0 Å². The third kappa shape index (κ3) is 5.08. The number of rotatable bonds is 7. The van der Waals surface area contributed by atoms with Gasteiger partial charge >= 0.3 is 0 Å². The van der Waals surface area contributed by atoms with Crippen LogP contribution in [0.15, 0.2) is 18.2 Å². The summed E-state index contributed by atoms with van der Waals surface area (Å²) in [4.78, 5) is 2.10. The number of ether oxygens (including phenoxy) is 1. The van der Waals surface area contributed by atoms with E-state index in [1.165, 1.54) is 0 Å². The largest absolute Gasteiger partial charge is 0.496 e. The molecule has 0 aliphatic heterocycles. The Morgan fingerprint density at radius 1 is 1.37 bits per heavy atom. The molecule has 0 aromatic heterocycles. The molecule has 0 amide bonds. The van der Waals surface area contributed by atoms with E-state index in [0.29, 0.717) is 13.1 Å². The van der Waals surface area contributed by atoms with E-state index < -0.39 is 10.0 Å². The number of hydrogen-bond donors (Lipinski definition) is 1. The van der Waals surface area contributed by atoms with Gasteiger partial charge in [-0.1, -0.05) is 6.07 Å². The molecule has 0 bridgehead atoms. The van der Waals surface area contributed by atoms with Gasteiger partial charge in [0, 0.05) is 31.4 Å². The number of likely N-dealkylation sites (N-methyl/N-ethyl adjacent to an activating group) is 1. The number of methoxy groups -OCH3 is 1. The lowest BCUT2D eigenvalue weighted by molar-refractivity contribution is 0.411. The maximum absolute atomic E-state index is 11.0. The first-order chi connectivity index (χ1) is 8.87. The zero-order valence-corrected chi connectivity index (χ0v) is 12.8. The maximum atomic E-state index is 11.0. The molecule has 19 heavy (non-hydrogen) atoms. The van der Waals surface area contributed by atoms with Crippen LogP contribution in [0, 0.1) is 6.92 Å². The fraction of sp³-hybridized carbons (Fsp3) is 0.538. The van der Waals surface area contributed by atoms with Crippen LogP contribution >= 0.6 is 0 Å². The van der Waals surface area contributed by atoms with E-state index in [-0.39, 0.29) is 0 Å². The van der Waals surface area contributed by atoms with Crippen molar-refractivity contribution in [3.63, 3.8) is 0 Å². The fourth-order valence-electron chi connectivity index (χ4n) is 1.84. The normalized spacial score (nSPS) is 11.4. The van der Waals surface area contributed by atoms with Gasteiger partial charge in [-0.25, -0.2) is 13.1 Å². The summed E-state index contributed by atoms with van der Waals surface area (Å²) in [5.74, 6) is 0.840. The quantitative estimate of drug-likeness (QED) is 0.822. The van der Waals surface area contributed by atoms with Crippen molar-refractivity contribution in [2.75, 3.05) is 37.9 Å². The van der Waals surface area contributed by atoms with Crippen LogP contribution in [0.25, 0.3) is 0 Å². The van der Waals surface area contributed by atoms with Crippen molar-refractivity contribution in [1.82, 2.24) is 4.72 Å². The molecule has 1 rings (SSSR count). The second-order valence-corrected chi connectivity index (χ2v) is 6.23. The van der Waals surface area contributed by atoms with Gasteiger partial charge in [0.15, 0.2) is 0 Å². The number of hydrogen-bond acceptors (Lipinski definition) is 4. The smallest absolute Gasteiger partial charge is 0.208 e. The van der Waals surface area contributed by atoms with Crippen molar-refractivity contribution in [3.8, 4) is 5.75 Å². The Morgan fingerprint density at radius 2 is 2.05 bits per heavy atom. The van der Waals surface area contributed by atoms with Crippen molar-refractivity contribution in [2.45, 2.75) is 13.8 Å². The zero-order valence-electron chi connectivity index (χ0n) is 11.9. The molecule has 5 nitrogen and oxygen atoms in total. The predicted octanol–water partition coefficient (Wildman–Crippen LogP) is 1.38. The molecule has 0 heterocycles. The van der Waals surface area contributed by atoms with Crippen molar-refractivity contribution in [1.29, 1.82) is 0 Å². The number of aryl methyl sites for hydroxylation is 1. The summed E-state index contributed by atoms with van der Waals surface area (Å²) < 4.78 is 29.9. The van der Waals surface area contributed by atoms with Gasteiger partial charge in [-0.05, 0) is 25.5 Å². The van der Waals surface area contributed by atoms with E-state index in [1.807, 2.05) is 32.0 Å². The summed E-state index contributed by atoms with van der Waals surface area (Å²) in [5.41, 5.74) is 2.11. The summed E-state index contributed by atoms with van der Waals surface area (Å²) in [7, 11) is -1.48. The summed E-state index contributed by atoms with van der Waals surface area (Å²) in [6, 6.07) is 5.99. The molecule has 0 saturated heterocycles. The minimum Gasteiger partial charge on any atom is -0.496 e. The Hall–Kier alpha value is -1.27. The van der Waals surface area contributed by atoms with Gasteiger partial charge in [-0.2, -0.15) is 0 Å². The molecule has 0 aliphatic rings. The lowest BCUT2D eigenvalue weighted by Crippen LogP contribution is -2.34. The first kappa shape index (κ1) is 15.8. The lowest BCUT2D eigenvalue weighted by atomic mass is 10.2. The Balaban J connectivity index is 2.74. The summed E-state index contributed by atoms with van der Waals surface area (Å²) in [6.07, 6.45) is 1.16. The molecular formula is C13H22N2O3S. The van der Waals surface area contributed by atoms with Crippen molar-refractivity contribution < 1.29 is 13.2 Å². The Kier molecular flexibility index (Phi) is 5.62. The minimum absolute atomic E-state index is 0.392. The molecule has 1 aromatic carbocycles. The summed E-state index contributed by atoms with van der Waals surface area (Å²) >= 11 is 0. The molecule has 0 aliphatic carbocycles. The van der Waals surface area contributed by atoms with Gasteiger partial charge < -0.3 is 9.64 Å². The summed E-state index contributed by atoms with van der Waals surface area (Å²) in [6.45, 7) is 5.84. The highest BCUT2D eigenvalue weighted by atomic mass is 32.2. The summed E-state index contributed by atoms with van der Waals surface area (Å²) in [5, 5.41) is 0. The topological polar surface area (TPSA) is 58.6 Å². The van der Waals surface area contributed by atoms with Crippen LogP contribution in [0.5, 0.6) is 5.75 Å². The van der Waals surface area contributed by atoms with Crippen molar-refractivity contribution >= 4 is 15.7 Å². The van der Waals surface area contributed by atoms with E-state index >= 15 is 0 Å². The third-order valence-corrected chi connectivity index (χ3v) is 3.61. The van der Waals surface area contributed by atoms with Gasteiger partial charge in [0.05, 0.1) is 13.4 Å². The van der Waals surface area contributed by atoms with Gasteiger partial charge in [-0.3, -0.25) is 0 Å². The van der Waals surface area contributed by atoms with E-state index in [1.54, 1.807) is 7.11 Å². The van der Waals surface area contributed by atoms with Crippen LogP contribution in [0.1, 0.15) is 12.5 Å². The molecule has 0 spiro atoms. The zero-order chi connectivity index (χ0) is 14.5. The van der Waals surface area contributed by atoms with Crippen molar-refractivity contribution in [2.24, 2.45) is 0 Å². The number of sulfonamides is 1. The second-order valence-electron chi connectivity index (χ2n) is 4.40. The van der Waals surface area contributed by atoms with Crippen LogP contribution in [-0.4, -0.2) is 41.4 Å². The molecule has 0 atom stereocenters. The molecule has 0 saturated carbocycles. The molecule has 0 fully saturated rings. The first-order valence-electron chi connectivity index (χ1n) is 6.21. The standard InChI is InChI=1S/C13H22N2O3S/c1-5-15(9-8-14-19(4,16)17)12-7-6-11(2)13(10-12)18-3/h6-7,10,14H,5,8-9H2,1-4H3.